The standard InChI is InChI=1S/C29H46O2/c30-29(31-27-23-17-11-5-6-12-18-24-27)28(25-19-13-7-1-2-8-14-20-25)26-21-15-9-3-4-10-16-22-26/h19,21,23,28H,1-18,20,22,24H2. The second-order valence-electron chi connectivity index (χ2n) is 10.0. The molecule has 0 aromatic carbocycles. The van der Waals surface area contributed by atoms with Crippen molar-refractivity contribution >= 4 is 5.97 Å². The Morgan fingerprint density at radius 1 is 0.548 bits per heavy atom. The Labute approximate surface area is 191 Å². The summed E-state index contributed by atoms with van der Waals surface area (Å²) in [5.41, 5.74) is 2.72. The number of hydrogen-bond donors (Lipinski definition) is 0. The van der Waals surface area contributed by atoms with E-state index in [9.17, 15) is 4.79 Å². The van der Waals surface area contributed by atoms with Gasteiger partial charge in [0.15, 0.2) is 0 Å². The first-order valence-electron chi connectivity index (χ1n) is 13.6. The number of hydrogen-bond acceptors (Lipinski definition) is 2. The molecule has 0 unspecified atom stereocenters. The summed E-state index contributed by atoms with van der Waals surface area (Å²) in [5.74, 6) is 0.829. The molecule has 3 aliphatic carbocycles. The Morgan fingerprint density at radius 2 is 0.968 bits per heavy atom. The highest BCUT2D eigenvalue weighted by Gasteiger charge is 2.29. The highest BCUT2D eigenvalue weighted by atomic mass is 16.5. The topological polar surface area (TPSA) is 26.3 Å². The van der Waals surface area contributed by atoms with Crippen LogP contribution >= 0.6 is 0 Å². The lowest BCUT2D eigenvalue weighted by molar-refractivity contribution is -0.142. The average Bonchev–Trinajstić information content (AvgIpc) is 3.05. The van der Waals surface area contributed by atoms with E-state index in [0.29, 0.717) is 0 Å². The third kappa shape index (κ3) is 8.99. The first-order chi connectivity index (χ1) is 15.3. The highest BCUT2D eigenvalue weighted by Crippen LogP contribution is 2.34. The predicted molar refractivity (Wildman–Crippen MR) is 131 cm³/mol. The molecule has 0 aromatic rings. The van der Waals surface area contributed by atoms with Crippen molar-refractivity contribution in [2.75, 3.05) is 0 Å². The zero-order chi connectivity index (χ0) is 21.6. The summed E-state index contributed by atoms with van der Waals surface area (Å²) in [6, 6.07) is 0. The molecule has 0 atom stereocenters. The van der Waals surface area contributed by atoms with Crippen LogP contribution in [0.5, 0.6) is 0 Å². The Hall–Kier alpha value is -1.31. The molecule has 0 heterocycles. The van der Waals surface area contributed by atoms with E-state index in [1.54, 1.807) is 0 Å². The van der Waals surface area contributed by atoms with Crippen LogP contribution in [0.2, 0.25) is 0 Å². The normalized spacial score (nSPS) is 23.9. The lowest BCUT2D eigenvalue weighted by Gasteiger charge is -2.24. The maximum atomic E-state index is 13.7. The van der Waals surface area contributed by atoms with Gasteiger partial charge in [0.1, 0.15) is 5.76 Å². The van der Waals surface area contributed by atoms with Gasteiger partial charge in [0.2, 0.25) is 0 Å². The zero-order valence-corrected chi connectivity index (χ0v) is 20.0. The molecule has 0 aromatic heterocycles. The SMILES string of the molecule is O=C(OC1=CCCCCCCC1)C(C1=CCCCCCCC1)C1=CCCCCCCC1. The van der Waals surface area contributed by atoms with Crippen LogP contribution in [0.15, 0.2) is 35.1 Å². The van der Waals surface area contributed by atoms with Gasteiger partial charge in [-0.2, -0.15) is 0 Å². The molecule has 3 aliphatic rings. The van der Waals surface area contributed by atoms with Crippen LogP contribution < -0.4 is 0 Å². The second kappa shape index (κ2) is 14.7. The maximum Gasteiger partial charge on any atom is 0.322 e. The number of carbonyl (C=O) groups excluding carboxylic acids is 1. The fraction of sp³-hybridized carbons (Fsp3) is 0.759. The Bertz CT molecular complexity index is 593. The monoisotopic (exact) mass is 426 g/mol. The van der Waals surface area contributed by atoms with Gasteiger partial charge in [0, 0.05) is 6.42 Å². The van der Waals surface area contributed by atoms with E-state index < -0.39 is 0 Å². The largest absolute Gasteiger partial charge is 0.431 e. The van der Waals surface area contributed by atoms with E-state index in [-0.39, 0.29) is 11.9 Å². The van der Waals surface area contributed by atoms with Gasteiger partial charge in [-0.3, -0.25) is 4.79 Å². The van der Waals surface area contributed by atoms with E-state index in [1.165, 1.54) is 101 Å². The molecule has 0 radical (unpaired) electrons. The van der Waals surface area contributed by atoms with Gasteiger partial charge in [0.05, 0.1) is 5.92 Å². The fourth-order valence-corrected chi connectivity index (χ4v) is 5.47. The summed E-state index contributed by atoms with van der Waals surface area (Å²) in [6.07, 6.45) is 32.5. The molecule has 2 nitrogen and oxygen atoms in total. The van der Waals surface area contributed by atoms with E-state index >= 15 is 0 Å². The molecule has 31 heavy (non-hydrogen) atoms. The summed E-state index contributed by atoms with van der Waals surface area (Å²) in [4.78, 5) is 13.7. The third-order valence-corrected chi connectivity index (χ3v) is 7.36. The summed E-state index contributed by atoms with van der Waals surface area (Å²) in [6.45, 7) is 0. The molecule has 0 fully saturated rings. The quantitative estimate of drug-likeness (QED) is 0.331. The number of rotatable bonds is 4. The molecule has 0 amide bonds. The Morgan fingerprint density at radius 3 is 1.52 bits per heavy atom. The molecule has 0 saturated carbocycles. The van der Waals surface area contributed by atoms with Gasteiger partial charge < -0.3 is 4.74 Å². The number of esters is 1. The van der Waals surface area contributed by atoms with Crippen LogP contribution in [-0.4, -0.2) is 5.97 Å². The van der Waals surface area contributed by atoms with Gasteiger partial charge in [0.25, 0.3) is 0 Å². The molecule has 0 aliphatic heterocycles. The summed E-state index contributed by atoms with van der Waals surface area (Å²) < 4.78 is 6.20. The van der Waals surface area contributed by atoms with Gasteiger partial charge in [-0.15, -0.1) is 0 Å². The van der Waals surface area contributed by atoms with Crippen LogP contribution in [0.3, 0.4) is 0 Å². The van der Waals surface area contributed by atoms with Crippen molar-refractivity contribution in [3.63, 3.8) is 0 Å². The molecule has 3 rings (SSSR count). The van der Waals surface area contributed by atoms with Crippen molar-refractivity contribution < 1.29 is 9.53 Å². The van der Waals surface area contributed by atoms with Crippen LogP contribution in [0.25, 0.3) is 0 Å². The van der Waals surface area contributed by atoms with Crippen molar-refractivity contribution in [1.29, 1.82) is 0 Å². The van der Waals surface area contributed by atoms with Crippen LogP contribution in [0, 0.1) is 5.92 Å². The molecule has 0 spiro atoms. The van der Waals surface area contributed by atoms with Crippen molar-refractivity contribution in [3.8, 4) is 0 Å². The maximum absolute atomic E-state index is 13.7. The summed E-state index contributed by atoms with van der Waals surface area (Å²) in [7, 11) is 0. The first kappa shape index (κ1) is 24.3. The third-order valence-electron chi connectivity index (χ3n) is 7.36. The highest BCUT2D eigenvalue weighted by molar-refractivity contribution is 5.80. The summed E-state index contributed by atoms with van der Waals surface area (Å²) in [5, 5.41) is 0. The molecule has 174 valence electrons. The Kier molecular flexibility index (Phi) is 11.5. The van der Waals surface area contributed by atoms with Crippen molar-refractivity contribution in [2.24, 2.45) is 5.92 Å². The van der Waals surface area contributed by atoms with Gasteiger partial charge >= 0.3 is 5.97 Å². The van der Waals surface area contributed by atoms with Crippen LogP contribution in [0.1, 0.15) is 135 Å². The average molecular weight is 427 g/mol. The predicted octanol–water partition coefficient (Wildman–Crippen LogP) is 9.12. The minimum absolute atomic E-state index is 0.0153. The lowest BCUT2D eigenvalue weighted by atomic mass is 9.84. The van der Waals surface area contributed by atoms with Gasteiger partial charge in [-0.25, -0.2) is 0 Å². The van der Waals surface area contributed by atoms with Crippen LogP contribution in [0.4, 0.5) is 0 Å². The lowest BCUT2D eigenvalue weighted by Crippen LogP contribution is -2.23. The first-order valence-corrected chi connectivity index (χ1v) is 13.6. The minimum atomic E-state index is -0.135. The van der Waals surface area contributed by atoms with Crippen LogP contribution in [-0.2, 0) is 9.53 Å². The number of allylic oxidation sites excluding steroid dienone is 4. The van der Waals surface area contributed by atoms with Crippen molar-refractivity contribution in [1.82, 2.24) is 0 Å². The molecular weight excluding hydrogens is 380 g/mol. The molecule has 0 N–H and O–H groups in total. The zero-order valence-electron chi connectivity index (χ0n) is 20.0. The van der Waals surface area contributed by atoms with Gasteiger partial charge in [-0.05, 0) is 76.7 Å². The second-order valence-corrected chi connectivity index (χ2v) is 10.0. The van der Waals surface area contributed by atoms with E-state index in [1.807, 2.05) is 0 Å². The van der Waals surface area contributed by atoms with Gasteiger partial charge in [-0.1, -0.05) is 81.1 Å². The minimum Gasteiger partial charge on any atom is -0.431 e. The van der Waals surface area contributed by atoms with E-state index in [4.69, 9.17) is 4.74 Å². The number of ether oxygens (including phenoxy) is 1. The van der Waals surface area contributed by atoms with Crippen molar-refractivity contribution in [2.45, 2.75) is 135 Å². The number of carbonyl (C=O) groups is 1. The smallest absolute Gasteiger partial charge is 0.322 e. The summed E-state index contributed by atoms with van der Waals surface area (Å²) >= 11 is 0. The molecular formula is C29H46O2. The Balaban J connectivity index is 1.81. The van der Waals surface area contributed by atoms with E-state index in [0.717, 1.165) is 50.7 Å². The van der Waals surface area contributed by atoms with Crippen molar-refractivity contribution in [3.05, 3.63) is 35.1 Å². The van der Waals surface area contributed by atoms with E-state index in [2.05, 4.69) is 18.2 Å². The molecule has 2 heteroatoms. The molecule has 0 bridgehead atoms. The fourth-order valence-electron chi connectivity index (χ4n) is 5.47. The molecule has 0 saturated heterocycles.